The van der Waals surface area contributed by atoms with Crippen LogP contribution in [0.3, 0.4) is 0 Å². The Bertz CT molecular complexity index is 667. The predicted molar refractivity (Wildman–Crippen MR) is 73.7 cm³/mol. The van der Waals surface area contributed by atoms with Crippen molar-refractivity contribution in [1.82, 2.24) is 0 Å². The van der Waals surface area contributed by atoms with E-state index in [0.717, 1.165) is 0 Å². The molecule has 102 valence electrons. The molecule has 0 aliphatic carbocycles. The molecular weight excluding hydrogens is 281 g/mol. The smallest absolute Gasteiger partial charge is 0.169 e. The quantitative estimate of drug-likeness (QED) is 0.791. The lowest BCUT2D eigenvalue weighted by Crippen LogP contribution is -1.94. The molecule has 0 saturated heterocycles. The molecule has 0 bridgehead atoms. The van der Waals surface area contributed by atoms with E-state index in [9.17, 15) is 4.39 Å². The van der Waals surface area contributed by atoms with Crippen LogP contribution in [0.25, 0.3) is 0 Å². The molecule has 0 N–H and O–H groups in total. The highest BCUT2D eigenvalue weighted by Gasteiger charge is 2.10. The van der Waals surface area contributed by atoms with Gasteiger partial charge in [0.1, 0.15) is 0 Å². The molecular formula is C15H11ClFNO2. The van der Waals surface area contributed by atoms with Gasteiger partial charge >= 0.3 is 0 Å². The molecule has 0 atom stereocenters. The molecule has 2 aromatic carbocycles. The number of hydrogen-bond acceptors (Lipinski definition) is 3. The average molecular weight is 292 g/mol. The molecule has 2 aromatic rings. The van der Waals surface area contributed by atoms with Gasteiger partial charge in [-0.05, 0) is 29.8 Å². The topological polar surface area (TPSA) is 42.2 Å². The first kappa shape index (κ1) is 14.2. The lowest BCUT2D eigenvalue weighted by molar-refractivity contribution is 0.371. The maximum atomic E-state index is 13.8. The maximum Gasteiger partial charge on any atom is 0.169 e. The van der Waals surface area contributed by atoms with Crippen LogP contribution in [-0.4, -0.2) is 7.11 Å². The Hall–Kier alpha value is -2.25. The molecule has 0 saturated carbocycles. The number of hydrogen-bond donors (Lipinski definition) is 0. The van der Waals surface area contributed by atoms with E-state index in [1.165, 1.54) is 25.3 Å². The summed E-state index contributed by atoms with van der Waals surface area (Å²) in [5.41, 5.74) is 1.11. The van der Waals surface area contributed by atoms with Crippen molar-refractivity contribution in [2.45, 2.75) is 5.88 Å². The molecule has 0 aromatic heterocycles. The Morgan fingerprint density at radius 1 is 1.15 bits per heavy atom. The van der Waals surface area contributed by atoms with Crippen molar-refractivity contribution in [1.29, 1.82) is 5.26 Å². The Morgan fingerprint density at radius 2 is 1.90 bits per heavy atom. The van der Waals surface area contributed by atoms with Crippen molar-refractivity contribution >= 4 is 11.6 Å². The summed E-state index contributed by atoms with van der Waals surface area (Å²) in [6.45, 7) is 0. The number of benzene rings is 2. The van der Waals surface area contributed by atoms with Crippen molar-refractivity contribution in [3.8, 4) is 23.3 Å². The van der Waals surface area contributed by atoms with Crippen molar-refractivity contribution in [2.24, 2.45) is 0 Å². The van der Waals surface area contributed by atoms with Gasteiger partial charge in [-0.1, -0.05) is 6.07 Å². The third-order valence-electron chi connectivity index (χ3n) is 2.66. The molecule has 20 heavy (non-hydrogen) atoms. The molecule has 3 nitrogen and oxygen atoms in total. The van der Waals surface area contributed by atoms with E-state index in [-0.39, 0.29) is 11.6 Å². The molecule has 0 radical (unpaired) electrons. The fourth-order valence-electron chi connectivity index (χ4n) is 1.65. The van der Waals surface area contributed by atoms with Gasteiger partial charge in [0.2, 0.25) is 0 Å². The number of ether oxygens (including phenoxy) is 2. The number of alkyl halides is 1. The number of methoxy groups -OCH3 is 1. The molecule has 0 spiro atoms. The Kier molecular flexibility index (Phi) is 4.44. The number of halogens is 2. The normalized spacial score (nSPS) is 9.90. The van der Waals surface area contributed by atoms with Crippen LogP contribution in [0.1, 0.15) is 11.1 Å². The minimum Gasteiger partial charge on any atom is -0.493 e. The summed E-state index contributed by atoms with van der Waals surface area (Å²) in [6, 6.07) is 11.2. The highest BCUT2D eigenvalue weighted by molar-refractivity contribution is 6.17. The van der Waals surface area contributed by atoms with Crippen LogP contribution >= 0.6 is 11.6 Å². The average Bonchev–Trinajstić information content (AvgIpc) is 2.49. The Labute approximate surface area is 121 Å². The standard InChI is InChI=1S/C15H11ClFNO2/c1-19-15-7-11(9-18)3-5-14(15)20-13-4-2-10(8-16)6-12(13)17/h2-7H,8H2,1H3. The molecule has 5 heteroatoms. The highest BCUT2D eigenvalue weighted by Crippen LogP contribution is 2.33. The first-order valence-corrected chi connectivity index (χ1v) is 6.31. The molecule has 0 heterocycles. The van der Waals surface area contributed by atoms with Gasteiger partial charge in [-0.2, -0.15) is 5.26 Å². The van der Waals surface area contributed by atoms with Gasteiger partial charge in [0, 0.05) is 11.9 Å². The first-order valence-electron chi connectivity index (χ1n) is 5.78. The SMILES string of the molecule is COc1cc(C#N)ccc1Oc1ccc(CCl)cc1F. The zero-order valence-electron chi connectivity index (χ0n) is 10.7. The second-order valence-electron chi connectivity index (χ2n) is 3.98. The van der Waals surface area contributed by atoms with E-state index >= 15 is 0 Å². The van der Waals surface area contributed by atoms with Crippen molar-refractivity contribution in [2.75, 3.05) is 7.11 Å². The molecule has 0 amide bonds. The lowest BCUT2D eigenvalue weighted by Gasteiger charge is -2.11. The molecule has 0 unspecified atom stereocenters. The molecule has 0 aliphatic rings. The van der Waals surface area contributed by atoms with Crippen LogP contribution in [0.4, 0.5) is 4.39 Å². The van der Waals surface area contributed by atoms with Gasteiger partial charge in [0.05, 0.1) is 18.7 Å². The zero-order chi connectivity index (χ0) is 14.5. The van der Waals surface area contributed by atoms with E-state index in [2.05, 4.69) is 0 Å². The fraction of sp³-hybridized carbons (Fsp3) is 0.133. The number of rotatable bonds is 4. The summed E-state index contributed by atoms with van der Waals surface area (Å²) in [7, 11) is 1.45. The van der Waals surface area contributed by atoms with Crippen LogP contribution in [0, 0.1) is 17.1 Å². The second-order valence-corrected chi connectivity index (χ2v) is 4.25. The van der Waals surface area contributed by atoms with Gasteiger partial charge in [0.15, 0.2) is 23.1 Å². The van der Waals surface area contributed by atoms with Gasteiger partial charge in [-0.25, -0.2) is 4.39 Å². The largest absolute Gasteiger partial charge is 0.493 e. The van der Waals surface area contributed by atoms with Crippen molar-refractivity contribution in [3.05, 3.63) is 53.3 Å². The van der Waals surface area contributed by atoms with E-state index in [1.807, 2.05) is 6.07 Å². The molecule has 2 rings (SSSR count). The minimum absolute atomic E-state index is 0.0712. The van der Waals surface area contributed by atoms with Crippen LogP contribution < -0.4 is 9.47 Å². The van der Waals surface area contributed by atoms with Crippen molar-refractivity contribution < 1.29 is 13.9 Å². The van der Waals surface area contributed by atoms with E-state index in [0.29, 0.717) is 22.6 Å². The predicted octanol–water partition coefficient (Wildman–Crippen LogP) is 4.24. The van der Waals surface area contributed by atoms with Crippen LogP contribution in [-0.2, 0) is 5.88 Å². The highest BCUT2D eigenvalue weighted by atomic mass is 35.5. The van der Waals surface area contributed by atoms with Gasteiger partial charge < -0.3 is 9.47 Å². The maximum absolute atomic E-state index is 13.8. The lowest BCUT2D eigenvalue weighted by atomic mass is 10.2. The van der Waals surface area contributed by atoms with Gasteiger partial charge in [-0.15, -0.1) is 11.6 Å². The summed E-state index contributed by atoms with van der Waals surface area (Å²) in [5.74, 6) is 0.502. The summed E-state index contributed by atoms with van der Waals surface area (Å²) in [5, 5.41) is 8.82. The summed E-state index contributed by atoms with van der Waals surface area (Å²) in [6.07, 6.45) is 0. The minimum atomic E-state index is -0.505. The molecule has 0 fully saturated rings. The summed E-state index contributed by atoms with van der Waals surface area (Å²) < 4.78 is 24.4. The van der Waals surface area contributed by atoms with Crippen LogP contribution in [0.15, 0.2) is 36.4 Å². The molecule has 0 aliphatic heterocycles. The van der Waals surface area contributed by atoms with Gasteiger partial charge in [0.25, 0.3) is 0 Å². The van der Waals surface area contributed by atoms with Crippen LogP contribution in [0.2, 0.25) is 0 Å². The second kappa shape index (κ2) is 6.27. The first-order chi connectivity index (χ1) is 9.67. The van der Waals surface area contributed by atoms with E-state index in [1.54, 1.807) is 18.2 Å². The number of nitriles is 1. The number of nitrogens with zero attached hydrogens (tertiary/aromatic N) is 1. The third kappa shape index (κ3) is 3.01. The van der Waals surface area contributed by atoms with Crippen molar-refractivity contribution in [3.63, 3.8) is 0 Å². The van der Waals surface area contributed by atoms with Crippen LogP contribution in [0.5, 0.6) is 17.2 Å². The van der Waals surface area contributed by atoms with E-state index < -0.39 is 5.82 Å². The summed E-state index contributed by atoms with van der Waals surface area (Å²) in [4.78, 5) is 0. The van der Waals surface area contributed by atoms with Gasteiger partial charge in [-0.3, -0.25) is 0 Å². The Balaban J connectivity index is 2.32. The monoisotopic (exact) mass is 291 g/mol. The van der Waals surface area contributed by atoms with E-state index in [4.69, 9.17) is 26.3 Å². The summed E-state index contributed by atoms with van der Waals surface area (Å²) >= 11 is 5.63. The third-order valence-corrected chi connectivity index (χ3v) is 2.97. The Morgan fingerprint density at radius 3 is 2.50 bits per heavy atom. The fourth-order valence-corrected chi connectivity index (χ4v) is 1.82. The zero-order valence-corrected chi connectivity index (χ0v) is 11.4.